The second-order valence-electron chi connectivity index (χ2n) is 10.5. The molecule has 0 saturated heterocycles. The van der Waals surface area contributed by atoms with Crippen molar-refractivity contribution in [1.82, 2.24) is 0 Å². The van der Waals surface area contributed by atoms with Crippen molar-refractivity contribution in [2.45, 2.75) is 41.0 Å². The molecule has 0 saturated carbocycles. The van der Waals surface area contributed by atoms with Crippen LogP contribution < -0.4 is 4.90 Å². The van der Waals surface area contributed by atoms with Crippen molar-refractivity contribution in [3.8, 4) is 0 Å². The molecule has 2 aromatic rings. The fourth-order valence-corrected chi connectivity index (χ4v) is 7.26. The smallest absolute Gasteiger partial charge is 0.0545 e. The van der Waals surface area contributed by atoms with Gasteiger partial charge in [-0.1, -0.05) is 90.0 Å². The third-order valence-corrected chi connectivity index (χ3v) is 9.10. The molecule has 3 aliphatic carbocycles. The molecule has 1 aliphatic heterocycles. The molecular weight excluding hydrogens is 478 g/mol. The van der Waals surface area contributed by atoms with E-state index in [-0.39, 0.29) is 11.3 Å². The summed E-state index contributed by atoms with van der Waals surface area (Å²) in [6, 6.07) is 19.6. The molecule has 0 spiro atoms. The Morgan fingerprint density at radius 1 is 0.853 bits per heavy atom. The molecule has 0 N–H and O–H groups in total. The average Bonchev–Trinajstić information content (AvgIpc) is 3.48. The van der Waals surface area contributed by atoms with Gasteiger partial charge in [0.15, 0.2) is 0 Å². The van der Waals surface area contributed by atoms with Gasteiger partial charge < -0.3 is 4.90 Å². The molecule has 0 aromatic heterocycles. The normalized spacial score (nSPS) is 21.5. The first-order valence-corrected chi connectivity index (χ1v) is 12.9. The Kier molecular flexibility index (Phi) is 4.83. The fraction of sp³-hybridized carbons (Fsp3) is 0.250. The van der Waals surface area contributed by atoms with E-state index in [9.17, 15) is 0 Å². The van der Waals surface area contributed by atoms with Crippen molar-refractivity contribution in [3.05, 3.63) is 127 Å². The van der Waals surface area contributed by atoms with Crippen LogP contribution in [0.4, 0.5) is 5.69 Å². The lowest BCUT2D eigenvalue weighted by molar-refractivity contribution is 0.537. The molecule has 2 heteroatoms. The van der Waals surface area contributed by atoms with E-state index in [0.717, 1.165) is 6.42 Å². The van der Waals surface area contributed by atoms with Crippen molar-refractivity contribution in [1.29, 1.82) is 0 Å². The Hall–Kier alpha value is -2.84. The Morgan fingerprint density at radius 2 is 1.56 bits per heavy atom. The van der Waals surface area contributed by atoms with Gasteiger partial charge in [-0.15, -0.1) is 0 Å². The van der Waals surface area contributed by atoms with Crippen LogP contribution in [0.2, 0.25) is 0 Å². The summed E-state index contributed by atoms with van der Waals surface area (Å²) in [5, 5.41) is 0. The second kappa shape index (κ2) is 7.58. The van der Waals surface area contributed by atoms with Gasteiger partial charge in [-0.2, -0.15) is 0 Å². The van der Waals surface area contributed by atoms with Gasteiger partial charge in [0.2, 0.25) is 0 Å². The van der Waals surface area contributed by atoms with E-state index in [0.29, 0.717) is 0 Å². The summed E-state index contributed by atoms with van der Waals surface area (Å²) in [5.41, 5.74) is 15.2. The molecule has 2 aromatic carbocycles. The summed E-state index contributed by atoms with van der Waals surface area (Å²) in [5.74, 6) is 0.278. The number of benzene rings is 2. The third-order valence-electron chi connectivity index (χ3n) is 8.22. The molecule has 0 amide bonds. The van der Waals surface area contributed by atoms with Crippen LogP contribution in [0.25, 0.3) is 6.08 Å². The van der Waals surface area contributed by atoms with E-state index in [4.69, 9.17) is 0 Å². The van der Waals surface area contributed by atoms with Crippen LogP contribution in [-0.2, 0) is 6.42 Å². The Balaban J connectivity index is 1.51. The summed E-state index contributed by atoms with van der Waals surface area (Å²) in [6.45, 7) is 11.6. The number of hydrogen-bond donors (Lipinski definition) is 0. The quantitative estimate of drug-likeness (QED) is 0.400. The molecule has 0 bridgehead atoms. The molecular formula is C32H30BrN. The van der Waals surface area contributed by atoms with Crippen LogP contribution in [0.15, 0.2) is 116 Å². The predicted octanol–water partition coefficient (Wildman–Crippen LogP) is 8.89. The zero-order chi connectivity index (χ0) is 23.8. The number of rotatable bonds is 3. The molecule has 1 nitrogen and oxygen atoms in total. The van der Waals surface area contributed by atoms with Gasteiger partial charge in [0.05, 0.1) is 5.92 Å². The number of fused-ring (bicyclic) bond motifs is 3. The summed E-state index contributed by atoms with van der Waals surface area (Å²) in [7, 11) is 0. The largest absolute Gasteiger partial charge is 0.317 e. The number of para-hydroxylation sites is 1. The highest BCUT2D eigenvalue weighted by molar-refractivity contribution is 9.11. The van der Waals surface area contributed by atoms with Crippen LogP contribution in [0, 0.1) is 11.3 Å². The molecule has 170 valence electrons. The SMILES string of the molecule is CC1=CC2=C(Br)C3C(=CC2=C1C(C)(C)C1=Cc2ccccc2C1)N(c1ccccc1)C(C)=C3C. The van der Waals surface area contributed by atoms with E-state index in [1.807, 2.05) is 0 Å². The maximum absolute atomic E-state index is 4.08. The number of nitrogens with zero attached hydrogens (tertiary/aromatic N) is 1. The van der Waals surface area contributed by atoms with Gasteiger partial charge in [0.1, 0.15) is 0 Å². The monoisotopic (exact) mass is 507 g/mol. The van der Waals surface area contributed by atoms with Crippen LogP contribution in [0.3, 0.4) is 0 Å². The van der Waals surface area contributed by atoms with E-state index in [2.05, 4.69) is 128 Å². The van der Waals surface area contributed by atoms with E-state index in [1.165, 1.54) is 66.1 Å². The van der Waals surface area contributed by atoms with E-state index in [1.54, 1.807) is 0 Å². The average molecular weight is 509 g/mol. The maximum atomic E-state index is 4.08. The van der Waals surface area contributed by atoms with Crippen molar-refractivity contribution in [2.24, 2.45) is 11.3 Å². The Bertz CT molecular complexity index is 1420. The highest BCUT2D eigenvalue weighted by Crippen LogP contribution is 2.56. The molecule has 1 heterocycles. The summed E-state index contributed by atoms with van der Waals surface area (Å²) in [4.78, 5) is 2.45. The highest BCUT2D eigenvalue weighted by Gasteiger charge is 2.43. The fourth-order valence-electron chi connectivity index (χ4n) is 6.35. The zero-order valence-electron chi connectivity index (χ0n) is 20.5. The van der Waals surface area contributed by atoms with Gasteiger partial charge in [0.25, 0.3) is 0 Å². The highest BCUT2D eigenvalue weighted by atomic mass is 79.9. The van der Waals surface area contributed by atoms with Gasteiger partial charge in [-0.05, 0) is 84.4 Å². The summed E-state index contributed by atoms with van der Waals surface area (Å²) < 4.78 is 1.30. The third kappa shape index (κ3) is 2.98. The second-order valence-corrected chi connectivity index (χ2v) is 11.3. The Morgan fingerprint density at radius 3 is 2.29 bits per heavy atom. The van der Waals surface area contributed by atoms with Gasteiger partial charge in [0, 0.05) is 27.0 Å². The zero-order valence-corrected chi connectivity index (χ0v) is 22.1. The first kappa shape index (κ1) is 21.7. The van der Waals surface area contributed by atoms with Crippen molar-refractivity contribution in [2.75, 3.05) is 4.90 Å². The number of allylic oxidation sites excluding steroid dienone is 9. The Labute approximate surface area is 211 Å². The molecule has 6 rings (SSSR count). The molecule has 1 atom stereocenters. The minimum Gasteiger partial charge on any atom is -0.317 e. The van der Waals surface area contributed by atoms with Gasteiger partial charge >= 0.3 is 0 Å². The first-order valence-electron chi connectivity index (χ1n) is 12.2. The van der Waals surface area contributed by atoms with Crippen molar-refractivity contribution < 1.29 is 0 Å². The standard InChI is InChI=1S/C32H30BrN/c1-19-15-27-26(30(19)32(4,5)24-16-22-11-9-10-12-23(22)17-24)18-28-29(31(27)33)20(2)21(3)34(28)25-13-7-6-8-14-25/h6-16,18,29H,17H2,1-5H3. The minimum atomic E-state index is -0.0540. The lowest BCUT2D eigenvalue weighted by Crippen LogP contribution is -2.23. The van der Waals surface area contributed by atoms with Gasteiger partial charge in [-0.25, -0.2) is 0 Å². The topological polar surface area (TPSA) is 3.24 Å². The van der Waals surface area contributed by atoms with Crippen molar-refractivity contribution in [3.63, 3.8) is 0 Å². The molecule has 0 radical (unpaired) electrons. The molecule has 0 fully saturated rings. The first-order chi connectivity index (χ1) is 16.3. The molecule has 4 aliphatic rings. The van der Waals surface area contributed by atoms with Crippen LogP contribution in [0.1, 0.15) is 45.7 Å². The van der Waals surface area contributed by atoms with Crippen molar-refractivity contribution >= 4 is 27.7 Å². The van der Waals surface area contributed by atoms with E-state index >= 15 is 0 Å². The molecule has 1 unspecified atom stereocenters. The number of halogens is 1. The van der Waals surface area contributed by atoms with Crippen LogP contribution in [-0.4, -0.2) is 0 Å². The van der Waals surface area contributed by atoms with Crippen LogP contribution in [0.5, 0.6) is 0 Å². The lowest BCUT2D eigenvalue weighted by Gasteiger charge is -2.33. The lowest BCUT2D eigenvalue weighted by atomic mass is 9.72. The minimum absolute atomic E-state index is 0.0540. The summed E-state index contributed by atoms with van der Waals surface area (Å²) >= 11 is 4.08. The molecule has 34 heavy (non-hydrogen) atoms. The van der Waals surface area contributed by atoms with Crippen LogP contribution >= 0.6 is 15.9 Å². The maximum Gasteiger partial charge on any atom is 0.0545 e. The van der Waals surface area contributed by atoms with Gasteiger partial charge in [-0.3, -0.25) is 0 Å². The number of hydrogen-bond acceptors (Lipinski definition) is 1. The predicted molar refractivity (Wildman–Crippen MR) is 148 cm³/mol. The number of anilines is 1. The summed E-state index contributed by atoms with van der Waals surface area (Å²) in [6.07, 6.45) is 8.33. The van der Waals surface area contributed by atoms with E-state index < -0.39 is 0 Å².